The molecule has 0 saturated carbocycles. The summed E-state index contributed by atoms with van der Waals surface area (Å²) in [4.78, 5) is 12.8. The minimum atomic E-state index is -0.910. The molecule has 19 heavy (non-hydrogen) atoms. The quantitative estimate of drug-likeness (QED) is 0.883. The van der Waals surface area contributed by atoms with Crippen LogP contribution in [0.3, 0.4) is 0 Å². The van der Waals surface area contributed by atoms with Gasteiger partial charge >= 0.3 is 5.97 Å². The second-order valence-corrected chi connectivity index (χ2v) is 5.59. The molecule has 0 heterocycles. The molecule has 2 rings (SSSR count). The highest BCUT2D eigenvalue weighted by atomic mass is 35.5. The van der Waals surface area contributed by atoms with Crippen LogP contribution in [-0.2, 0) is 6.42 Å². The van der Waals surface area contributed by atoms with Crippen LogP contribution in [0.25, 0.3) is 0 Å². The van der Waals surface area contributed by atoms with Crippen molar-refractivity contribution in [2.45, 2.75) is 23.1 Å². The van der Waals surface area contributed by atoms with Crippen molar-refractivity contribution in [3.8, 4) is 0 Å². The first-order valence-corrected chi connectivity index (χ1v) is 7.09. The van der Waals surface area contributed by atoms with Crippen LogP contribution in [0.1, 0.15) is 22.8 Å². The third kappa shape index (κ3) is 3.52. The average molecular weight is 293 g/mol. The molecule has 0 saturated heterocycles. The summed E-state index contributed by atoms with van der Waals surface area (Å²) in [6.45, 7) is 2.07. The maximum Gasteiger partial charge on any atom is 0.335 e. The monoisotopic (exact) mass is 292 g/mol. The van der Waals surface area contributed by atoms with Crippen LogP contribution < -0.4 is 0 Å². The van der Waals surface area contributed by atoms with Gasteiger partial charge in [-0.2, -0.15) is 0 Å². The topological polar surface area (TPSA) is 37.3 Å². The van der Waals surface area contributed by atoms with Gasteiger partial charge in [0.1, 0.15) is 0 Å². The SMILES string of the molecule is CCc1ccc(Sc2ccc(C(=O)O)cc2)cc1Cl. The van der Waals surface area contributed by atoms with Gasteiger partial charge in [-0.1, -0.05) is 36.4 Å². The number of halogens is 1. The molecule has 0 amide bonds. The van der Waals surface area contributed by atoms with Crippen LogP contribution in [0.15, 0.2) is 52.3 Å². The number of aryl methyl sites for hydroxylation is 1. The highest BCUT2D eigenvalue weighted by Crippen LogP contribution is 2.31. The number of aromatic carboxylic acids is 1. The molecule has 2 aromatic rings. The van der Waals surface area contributed by atoms with E-state index < -0.39 is 5.97 Å². The second kappa shape index (κ2) is 6.13. The Morgan fingerprint density at radius 3 is 2.32 bits per heavy atom. The molecule has 0 aliphatic rings. The zero-order valence-corrected chi connectivity index (χ0v) is 12.0. The smallest absolute Gasteiger partial charge is 0.335 e. The van der Waals surface area contributed by atoms with Crippen LogP contribution in [0, 0.1) is 0 Å². The Morgan fingerprint density at radius 1 is 1.16 bits per heavy atom. The van der Waals surface area contributed by atoms with Crippen LogP contribution >= 0.6 is 23.4 Å². The van der Waals surface area contributed by atoms with Gasteiger partial charge in [0, 0.05) is 14.8 Å². The van der Waals surface area contributed by atoms with Crippen molar-refractivity contribution in [2.24, 2.45) is 0 Å². The van der Waals surface area contributed by atoms with Crippen LogP contribution in [0.2, 0.25) is 5.02 Å². The molecule has 1 N–H and O–H groups in total. The first-order valence-electron chi connectivity index (χ1n) is 5.90. The molecule has 0 unspecified atom stereocenters. The molecule has 0 atom stereocenters. The van der Waals surface area contributed by atoms with Gasteiger partial charge < -0.3 is 5.11 Å². The summed E-state index contributed by atoms with van der Waals surface area (Å²) in [5.41, 5.74) is 1.43. The van der Waals surface area contributed by atoms with Crippen molar-refractivity contribution < 1.29 is 9.90 Å². The van der Waals surface area contributed by atoms with Crippen molar-refractivity contribution in [3.63, 3.8) is 0 Å². The minimum Gasteiger partial charge on any atom is -0.478 e. The Labute approximate surface area is 121 Å². The Morgan fingerprint density at radius 2 is 1.79 bits per heavy atom. The summed E-state index contributed by atoms with van der Waals surface area (Å²) in [5.74, 6) is -0.910. The highest BCUT2D eigenvalue weighted by molar-refractivity contribution is 7.99. The number of carbonyl (C=O) groups is 1. The van der Waals surface area contributed by atoms with Crippen molar-refractivity contribution in [2.75, 3.05) is 0 Å². The standard InChI is InChI=1S/C15H13ClO2S/c1-2-10-3-8-13(9-14(10)16)19-12-6-4-11(5-7-12)15(17)18/h3-9H,2H2,1H3,(H,17,18). The van der Waals surface area contributed by atoms with E-state index >= 15 is 0 Å². The van der Waals surface area contributed by atoms with Crippen molar-refractivity contribution in [1.29, 1.82) is 0 Å². The Bertz CT molecular complexity index is 594. The van der Waals surface area contributed by atoms with E-state index in [1.807, 2.05) is 18.2 Å². The molecule has 0 bridgehead atoms. The summed E-state index contributed by atoms with van der Waals surface area (Å²) in [6, 6.07) is 12.8. The molecular formula is C15H13ClO2S. The van der Waals surface area contributed by atoms with E-state index in [0.29, 0.717) is 5.56 Å². The van der Waals surface area contributed by atoms with Gasteiger partial charge in [0.15, 0.2) is 0 Å². The fourth-order valence-electron chi connectivity index (χ4n) is 1.68. The van der Waals surface area contributed by atoms with Crippen molar-refractivity contribution in [3.05, 3.63) is 58.6 Å². The minimum absolute atomic E-state index is 0.295. The molecule has 4 heteroatoms. The third-order valence-corrected chi connectivity index (χ3v) is 4.09. The zero-order valence-electron chi connectivity index (χ0n) is 10.4. The van der Waals surface area contributed by atoms with E-state index in [1.54, 1.807) is 36.0 Å². The summed E-state index contributed by atoms with van der Waals surface area (Å²) < 4.78 is 0. The largest absolute Gasteiger partial charge is 0.478 e. The number of benzene rings is 2. The highest BCUT2D eigenvalue weighted by Gasteiger charge is 2.04. The van der Waals surface area contributed by atoms with Crippen molar-refractivity contribution >= 4 is 29.3 Å². The molecule has 0 aliphatic heterocycles. The summed E-state index contributed by atoms with van der Waals surface area (Å²) in [5, 5.41) is 9.61. The van der Waals surface area contributed by atoms with Gasteiger partial charge in [-0.25, -0.2) is 4.79 Å². The fourth-order valence-corrected chi connectivity index (χ4v) is 2.92. The van der Waals surface area contributed by atoms with Gasteiger partial charge in [0.2, 0.25) is 0 Å². The Balaban J connectivity index is 2.16. The lowest BCUT2D eigenvalue weighted by atomic mass is 10.2. The van der Waals surface area contributed by atoms with E-state index in [0.717, 1.165) is 26.8 Å². The first-order chi connectivity index (χ1) is 9.10. The molecular weight excluding hydrogens is 280 g/mol. The second-order valence-electron chi connectivity index (χ2n) is 4.04. The van der Waals surface area contributed by atoms with E-state index in [-0.39, 0.29) is 0 Å². The molecule has 2 aromatic carbocycles. The van der Waals surface area contributed by atoms with E-state index in [1.165, 1.54) is 0 Å². The molecule has 0 radical (unpaired) electrons. The lowest BCUT2D eigenvalue weighted by molar-refractivity contribution is 0.0697. The molecule has 98 valence electrons. The molecule has 0 spiro atoms. The number of hydrogen-bond donors (Lipinski definition) is 1. The fraction of sp³-hybridized carbons (Fsp3) is 0.133. The average Bonchev–Trinajstić information content (AvgIpc) is 2.39. The Hall–Kier alpha value is -1.45. The normalized spacial score (nSPS) is 10.4. The van der Waals surface area contributed by atoms with Crippen molar-refractivity contribution in [1.82, 2.24) is 0 Å². The predicted molar refractivity (Wildman–Crippen MR) is 78.4 cm³/mol. The number of carboxylic acids is 1. The molecule has 0 aromatic heterocycles. The first kappa shape index (κ1) is 14.0. The maximum absolute atomic E-state index is 10.8. The summed E-state index contributed by atoms with van der Waals surface area (Å²) >= 11 is 7.74. The number of carboxylic acid groups (broad SMARTS) is 1. The van der Waals surface area contributed by atoms with E-state index in [4.69, 9.17) is 16.7 Å². The number of hydrogen-bond acceptors (Lipinski definition) is 2. The predicted octanol–water partition coefficient (Wildman–Crippen LogP) is 4.75. The van der Waals surface area contributed by atoms with Gasteiger partial charge in [-0.3, -0.25) is 0 Å². The van der Waals surface area contributed by atoms with Gasteiger partial charge in [-0.05, 0) is 48.4 Å². The van der Waals surface area contributed by atoms with Crippen LogP contribution in [0.5, 0.6) is 0 Å². The maximum atomic E-state index is 10.8. The molecule has 0 aliphatic carbocycles. The third-order valence-electron chi connectivity index (χ3n) is 2.74. The van der Waals surface area contributed by atoms with Crippen LogP contribution in [0.4, 0.5) is 0 Å². The van der Waals surface area contributed by atoms with Gasteiger partial charge in [0.05, 0.1) is 5.56 Å². The number of rotatable bonds is 4. The van der Waals surface area contributed by atoms with Gasteiger partial charge in [0.25, 0.3) is 0 Å². The van der Waals surface area contributed by atoms with Gasteiger partial charge in [-0.15, -0.1) is 0 Å². The summed E-state index contributed by atoms with van der Waals surface area (Å²) in [7, 11) is 0. The van der Waals surface area contributed by atoms with E-state index in [9.17, 15) is 4.79 Å². The lowest BCUT2D eigenvalue weighted by Crippen LogP contribution is -1.94. The van der Waals surface area contributed by atoms with E-state index in [2.05, 4.69) is 6.92 Å². The Kier molecular flexibility index (Phi) is 4.51. The lowest BCUT2D eigenvalue weighted by Gasteiger charge is -2.05. The molecule has 0 fully saturated rings. The van der Waals surface area contributed by atoms with Crippen LogP contribution in [-0.4, -0.2) is 11.1 Å². The summed E-state index contributed by atoms with van der Waals surface area (Å²) in [6.07, 6.45) is 0.914. The molecule has 2 nitrogen and oxygen atoms in total. The zero-order chi connectivity index (χ0) is 13.8.